The molecule has 0 unspecified atom stereocenters. The Morgan fingerprint density at radius 2 is 2.00 bits per heavy atom. The first-order chi connectivity index (χ1) is 12.7. The summed E-state index contributed by atoms with van der Waals surface area (Å²) >= 11 is 0. The van der Waals surface area contributed by atoms with Crippen molar-refractivity contribution in [2.75, 3.05) is 27.3 Å². The largest absolute Gasteiger partial charge is 0.493 e. The summed E-state index contributed by atoms with van der Waals surface area (Å²) in [5.41, 5.74) is 4.21. The van der Waals surface area contributed by atoms with Gasteiger partial charge in [-0.1, -0.05) is 36.4 Å². The molecule has 4 nitrogen and oxygen atoms in total. The first kappa shape index (κ1) is 21.0. The average molecular weight is 388 g/mol. The Labute approximate surface area is 167 Å². The van der Waals surface area contributed by atoms with Crippen molar-refractivity contribution in [3.63, 3.8) is 0 Å². The monoisotopic (exact) mass is 387 g/mol. The third-order valence-corrected chi connectivity index (χ3v) is 4.49. The van der Waals surface area contributed by atoms with E-state index in [1.165, 1.54) is 18.2 Å². The van der Waals surface area contributed by atoms with Crippen molar-refractivity contribution < 1.29 is 14.3 Å². The number of fused-ring (bicyclic) bond motifs is 1. The molecule has 2 aromatic rings. The van der Waals surface area contributed by atoms with Gasteiger partial charge < -0.3 is 9.47 Å². The molecule has 0 spiro atoms. The SMILES string of the molecule is COC(=O)c1ccc(/C=C/CN(C)Cc2ccc3c(c2)OCCC3)cc1.Cl. The lowest BCUT2D eigenvalue weighted by atomic mass is 10.0. The number of halogens is 1. The van der Waals surface area contributed by atoms with Crippen LogP contribution in [-0.2, 0) is 17.7 Å². The first-order valence-corrected chi connectivity index (χ1v) is 8.94. The van der Waals surface area contributed by atoms with E-state index in [2.05, 4.69) is 42.3 Å². The van der Waals surface area contributed by atoms with Crippen LogP contribution in [-0.4, -0.2) is 38.2 Å². The number of hydrogen-bond donors (Lipinski definition) is 0. The van der Waals surface area contributed by atoms with Gasteiger partial charge in [-0.05, 0) is 54.8 Å². The molecule has 0 aromatic heterocycles. The summed E-state index contributed by atoms with van der Waals surface area (Å²) in [5, 5.41) is 0. The summed E-state index contributed by atoms with van der Waals surface area (Å²) in [7, 11) is 3.49. The summed E-state index contributed by atoms with van der Waals surface area (Å²) in [6.07, 6.45) is 6.41. The number of carbonyl (C=O) groups is 1. The van der Waals surface area contributed by atoms with Crippen LogP contribution in [0.1, 0.15) is 33.5 Å². The van der Waals surface area contributed by atoms with Crippen LogP contribution in [0.2, 0.25) is 0 Å². The van der Waals surface area contributed by atoms with Crippen molar-refractivity contribution in [1.29, 1.82) is 0 Å². The summed E-state index contributed by atoms with van der Waals surface area (Å²) < 4.78 is 10.5. The van der Waals surface area contributed by atoms with Crippen molar-refractivity contribution in [3.8, 4) is 5.75 Å². The smallest absolute Gasteiger partial charge is 0.337 e. The third kappa shape index (κ3) is 5.84. The van der Waals surface area contributed by atoms with Crippen LogP contribution in [0.4, 0.5) is 0 Å². The molecule has 1 aliphatic heterocycles. The molecule has 1 aliphatic rings. The fourth-order valence-electron chi connectivity index (χ4n) is 3.08. The standard InChI is InChI=1S/C22H25NO3.ClH/c1-23(16-18-9-10-19-6-4-14-26-21(19)15-18)13-3-5-17-7-11-20(12-8-17)22(24)25-2;/h3,5,7-12,15H,4,6,13-14,16H2,1-2H3;1H/b5-3+;. The number of ether oxygens (including phenoxy) is 2. The summed E-state index contributed by atoms with van der Waals surface area (Å²) in [5.74, 6) is 0.734. The molecule has 0 N–H and O–H groups in total. The second-order valence-electron chi connectivity index (χ2n) is 6.61. The number of carbonyl (C=O) groups excluding carboxylic acids is 1. The minimum atomic E-state index is -0.311. The van der Waals surface area contributed by atoms with E-state index in [-0.39, 0.29) is 18.4 Å². The summed E-state index contributed by atoms with van der Waals surface area (Å²) in [6.45, 7) is 2.54. The topological polar surface area (TPSA) is 38.8 Å². The van der Waals surface area contributed by atoms with Crippen molar-refractivity contribution in [3.05, 3.63) is 70.8 Å². The van der Waals surface area contributed by atoms with E-state index in [0.717, 1.165) is 43.9 Å². The molecule has 3 rings (SSSR count). The third-order valence-electron chi connectivity index (χ3n) is 4.49. The van der Waals surface area contributed by atoms with Gasteiger partial charge in [-0.3, -0.25) is 4.90 Å². The Bertz CT molecular complexity index is 787. The van der Waals surface area contributed by atoms with Crippen LogP contribution in [0.5, 0.6) is 5.75 Å². The molecular formula is C22H26ClNO3. The zero-order chi connectivity index (χ0) is 18.4. The molecule has 1 heterocycles. The van der Waals surface area contributed by atoms with Gasteiger partial charge in [-0.2, -0.15) is 0 Å². The van der Waals surface area contributed by atoms with E-state index in [1.54, 1.807) is 12.1 Å². The quantitative estimate of drug-likeness (QED) is 0.690. The zero-order valence-corrected chi connectivity index (χ0v) is 16.6. The molecule has 27 heavy (non-hydrogen) atoms. The Hall–Kier alpha value is -2.30. The number of aryl methyl sites for hydroxylation is 1. The molecule has 0 amide bonds. The lowest BCUT2D eigenvalue weighted by Gasteiger charge is -2.20. The Kier molecular flexibility index (Phi) is 7.89. The predicted molar refractivity (Wildman–Crippen MR) is 111 cm³/mol. The normalized spacial score (nSPS) is 13.0. The van der Waals surface area contributed by atoms with Gasteiger partial charge in [-0.15, -0.1) is 12.4 Å². The lowest BCUT2D eigenvalue weighted by molar-refractivity contribution is 0.0600. The van der Waals surface area contributed by atoms with E-state index >= 15 is 0 Å². The first-order valence-electron chi connectivity index (χ1n) is 8.94. The van der Waals surface area contributed by atoms with Gasteiger partial charge in [0, 0.05) is 13.1 Å². The van der Waals surface area contributed by atoms with E-state index in [1.807, 2.05) is 12.1 Å². The maximum Gasteiger partial charge on any atom is 0.337 e. The average Bonchev–Trinajstić information content (AvgIpc) is 2.68. The van der Waals surface area contributed by atoms with E-state index in [0.29, 0.717) is 5.56 Å². The molecule has 5 heteroatoms. The van der Waals surface area contributed by atoms with Gasteiger partial charge >= 0.3 is 5.97 Å². The molecule has 0 saturated carbocycles. The van der Waals surface area contributed by atoms with E-state index in [4.69, 9.17) is 9.47 Å². The molecule has 144 valence electrons. The molecule has 0 bridgehead atoms. The number of nitrogens with zero attached hydrogens (tertiary/aromatic N) is 1. The molecular weight excluding hydrogens is 362 g/mol. The number of likely N-dealkylation sites (N-methyl/N-ethyl adjacent to an activating group) is 1. The number of hydrogen-bond acceptors (Lipinski definition) is 4. The Balaban J connectivity index is 0.00000261. The highest BCUT2D eigenvalue weighted by Gasteiger charge is 2.11. The number of rotatable bonds is 6. The second kappa shape index (κ2) is 10.1. The van der Waals surface area contributed by atoms with Crippen molar-refractivity contribution in [2.45, 2.75) is 19.4 Å². The molecule has 0 saturated heterocycles. The second-order valence-corrected chi connectivity index (χ2v) is 6.61. The maximum atomic E-state index is 11.4. The molecule has 0 atom stereocenters. The highest BCUT2D eigenvalue weighted by Crippen LogP contribution is 2.26. The van der Waals surface area contributed by atoms with Gasteiger partial charge in [-0.25, -0.2) is 4.79 Å². The highest BCUT2D eigenvalue weighted by molar-refractivity contribution is 5.89. The van der Waals surface area contributed by atoms with Gasteiger partial charge in [0.05, 0.1) is 19.3 Å². The Morgan fingerprint density at radius 1 is 1.22 bits per heavy atom. The van der Waals surface area contributed by atoms with Crippen LogP contribution in [0.25, 0.3) is 6.08 Å². The summed E-state index contributed by atoms with van der Waals surface area (Å²) in [4.78, 5) is 13.7. The Morgan fingerprint density at radius 3 is 2.74 bits per heavy atom. The van der Waals surface area contributed by atoms with Crippen LogP contribution < -0.4 is 4.74 Å². The van der Waals surface area contributed by atoms with Crippen molar-refractivity contribution in [2.24, 2.45) is 0 Å². The van der Waals surface area contributed by atoms with Crippen LogP contribution in [0.15, 0.2) is 48.5 Å². The van der Waals surface area contributed by atoms with E-state index in [9.17, 15) is 4.79 Å². The van der Waals surface area contributed by atoms with E-state index < -0.39 is 0 Å². The fraction of sp³-hybridized carbons (Fsp3) is 0.318. The van der Waals surface area contributed by atoms with Gasteiger partial charge in [0.15, 0.2) is 0 Å². The number of esters is 1. The van der Waals surface area contributed by atoms with Gasteiger partial charge in [0.1, 0.15) is 5.75 Å². The van der Waals surface area contributed by atoms with Crippen LogP contribution >= 0.6 is 12.4 Å². The predicted octanol–water partition coefficient (Wildman–Crippen LogP) is 4.37. The number of methoxy groups -OCH3 is 1. The fourth-order valence-corrected chi connectivity index (χ4v) is 3.08. The van der Waals surface area contributed by atoms with Gasteiger partial charge in [0.25, 0.3) is 0 Å². The van der Waals surface area contributed by atoms with Gasteiger partial charge in [0.2, 0.25) is 0 Å². The highest BCUT2D eigenvalue weighted by atomic mass is 35.5. The minimum Gasteiger partial charge on any atom is -0.493 e. The molecule has 0 fully saturated rings. The maximum absolute atomic E-state index is 11.4. The van der Waals surface area contributed by atoms with Crippen LogP contribution in [0, 0.1) is 0 Å². The molecule has 2 aromatic carbocycles. The number of benzene rings is 2. The lowest BCUT2D eigenvalue weighted by Crippen LogP contribution is -2.18. The van der Waals surface area contributed by atoms with Crippen LogP contribution in [0.3, 0.4) is 0 Å². The molecule has 0 radical (unpaired) electrons. The molecule has 0 aliphatic carbocycles. The zero-order valence-electron chi connectivity index (χ0n) is 15.8. The van der Waals surface area contributed by atoms with Crippen molar-refractivity contribution in [1.82, 2.24) is 4.90 Å². The van der Waals surface area contributed by atoms with Crippen molar-refractivity contribution >= 4 is 24.5 Å². The summed E-state index contributed by atoms with van der Waals surface area (Å²) in [6, 6.07) is 14.0. The minimum absolute atomic E-state index is 0.